The number of thiophene rings is 1. The molecule has 4 nitrogen and oxygen atoms in total. The molecule has 28 heavy (non-hydrogen) atoms. The molecule has 0 saturated carbocycles. The van der Waals surface area contributed by atoms with Crippen molar-refractivity contribution in [3.05, 3.63) is 64.4 Å². The third-order valence-corrected chi connectivity index (χ3v) is 6.45. The molecule has 146 valence electrons. The van der Waals surface area contributed by atoms with Gasteiger partial charge in [-0.2, -0.15) is 0 Å². The Labute approximate surface area is 170 Å². The lowest BCUT2D eigenvalue weighted by molar-refractivity contribution is -0.134. The predicted molar refractivity (Wildman–Crippen MR) is 115 cm³/mol. The van der Waals surface area contributed by atoms with Gasteiger partial charge in [0.2, 0.25) is 5.91 Å². The van der Waals surface area contributed by atoms with E-state index in [1.54, 1.807) is 18.4 Å². The average molecular weight is 395 g/mol. The molecule has 1 atom stereocenters. The lowest BCUT2D eigenvalue weighted by atomic mass is 9.96. The van der Waals surface area contributed by atoms with Crippen LogP contribution in [-0.4, -0.2) is 49.0 Å². The Balaban J connectivity index is 1.40. The molecule has 3 aromatic rings. The topological polar surface area (TPSA) is 32.8 Å². The maximum atomic E-state index is 13.0. The van der Waals surface area contributed by atoms with Gasteiger partial charge >= 0.3 is 0 Å². The van der Waals surface area contributed by atoms with E-state index < -0.39 is 0 Å². The third kappa shape index (κ3) is 4.05. The summed E-state index contributed by atoms with van der Waals surface area (Å²) in [5, 5.41) is 4.39. The van der Waals surface area contributed by atoms with E-state index in [1.807, 2.05) is 24.0 Å². The zero-order chi connectivity index (χ0) is 19.5. The van der Waals surface area contributed by atoms with Crippen molar-refractivity contribution in [3.8, 4) is 5.75 Å². The molecule has 4 rings (SSSR count). The highest BCUT2D eigenvalue weighted by atomic mass is 32.1. The van der Waals surface area contributed by atoms with Gasteiger partial charge in [-0.1, -0.05) is 30.3 Å². The van der Waals surface area contributed by atoms with Crippen LogP contribution in [0.5, 0.6) is 5.75 Å². The SMILES string of the molecule is COc1ccc2cc(C(C)C(=O)N3CCN(Cc4cccs4)CC3)ccc2c1. The summed E-state index contributed by atoms with van der Waals surface area (Å²) < 4.78 is 5.29. The largest absolute Gasteiger partial charge is 0.497 e. The number of fused-ring (bicyclic) bond motifs is 1. The molecule has 0 spiro atoms. The number of amides is 1. The number of carbonyl (C=O) groups is 1. The zero-order valence-corrected chi connectivity index (χ0v) is 17.2. The first kappa shape index (κ1) is 19.0. The lowest BCUT2D eigenvalue weighted by Gasteiger charge is -2.35. The van der Waals surface area contributed by atoms with E-state index in [0.717, 1.165) is 54.8 Å². The fourth-order valence-corrected chi connectivity index (χ4v) is 4.55. The lowest BCUT2D eigenvalue weighted by Crippen LogP contribution is -2.49. The molecule has 1 aliphatic rings. The van der Waals surface area contributed by atoms with Crippen LogP contribution in [0.2, 0.25) is 0 Å². The number of hydrogen-bond acceptors (Lipinski definition) is 4. The minimum atomic E-state index is -0.129. The van der Waals surface area contributed by atoms with Gasteiger partial charge in [0.1, 0.15) is 5.75 Å². The van der Waals surface area contributed by atoms with Gasteiger partial charge in [-0.15, -0.1) is 11.3 Å². The first-order chi connectivity index (χ1) is 13.6. The van der Waals surface area contributed by atoms with E-state index in [2.05, 4.69) is 46.7 Å². The molecule has 0 radical (unpaired) electrons. The summed E-state index contributed by atoms with van der Waals surface area (Å²) in [7, 11) is 1.68. The van der Waals surface area contributed by atoms with Crippen LogP contribution >= 0.6 is 11.3 Å². The number of carbonyl (C=O) groups excluding carboxylic acids is 1. The Bertz CT molecular complexity index is 946. The molecule has 0 aliphatic carbocycles. The molecule has 1 saturated heterocycles. The number of ether oxygens (including phenoxy) is 1. The fourth-order valence-electron chi connectivity index (χ4n) is 3.80. The number of methoxy groups -OCH3 is 1. The highest BCUT2D eigenvalue weighted by molar-refractivity contribution is 7.09. The summed E-state index contributed by atoms with van der Waals surface area (Å²) in [5.41, 5.74) is 1.07. The molecule has 5 heteroatoms. The van der Waals surface area contributed by atoms with Gasteiger partial charge in [-0.05, 0) is 46.8 Å². The summed E-state index contributed by atoms with van der Waals surface area (Å²) >= 11 is 1.80. The Kier molecular flexibility index (Phi) is 5.64. The minimum absolute atomic E-state index is 0.129. The second-order valence-electron chi connectivity index (χ2n) is 7.38. The zero-order valence-electron chi connectivity index (χ0n) is 16.4. The fraction of sp³-hybridized carbons (Fsp3) is 0.348. The Morgan fingerprint density at radius 1 is 1.07 bits per heavy atom. The first-order valence-electron chi connectivity index (χ1n) is 9.75. The summed E-state index contributed by atoms with van der Waals surface area (Å²) in [5.74, 6) is 0.948. The molecule has 1 fully saturated rings. The van der Waals surface area contributed by atoms with E-state index in [0.29, 0.717) is 0 Å². The Morgan fingerprint density at radius 2 is 1.82 bits per heavy atom. The molecule has 2 aromatic carbocycles. The van der Waals surface area contributed by atoms with E-state index in [4.69, 9.17) is 4.74 Å². The van der Waals surface area contributed by atoms with Crippen LogP contribution in [-0.2, 0) is 11.3 Å². The monoisotopic (exact) mass is 394 g/mol. The summed E-state index contributed by atoms with van der Waals surface area (Å²) in [6, 6.07) is 16.6. The van der Waals surface area contributed by atoms with Gasteiger partial charge in [0, 0.05) is 37.6 Å². The number of rotatable bonds is 5. The van der Waals surface area contributed by atoms with Crippen molar-refractivity contribution in [1.29, 1.82) is 0 Å². The third-order valence-electron chi connectivity index (χ3n) is 5.59. The minimum Gasteiger partial charge on any atom is -0.497 e. The number of hydrogen-bond donors (Lipinski definition) is 0. The second-order valence-corrected chi connectivity index (χ2v) is 8.41. The Hall–Kier alpha value is -2.37. The van der Waals surface area contributed by atoms with Crippen LogP contribution in [0.1, 0.15) is 23.3 Å². The van der Waals surface area contributed by atoms with Crippen molar-refractivity contribution >= 4 is 28.0 Å². The van der Waals surface area contributed by atoms with Gasteiger partial charge < -0.3 is 9.64 Å². The normalized spacial score (nSPS) is 16.3. The van der Waals surface area contributed by atoms with Crippen LogP contribution in [0, 0.1) is 0 Å². The van der Waals surface area contributed by atoms with Crippen molar-refractivity contribution in [3.63, 3.8) is 0 Å². The number of piperazine rings is 1. The highest BCUT2D eigenvalue weighted by Crippen LogP contribution is 2.26. The van der Waals surface area contributed by atoms with Gasteiger partial charge in [-0.3, -0.25) is 9.69 Å². The molecular formula is C23H26N2O2S. The standard InChI is InChI=1S/C23H26N2O2S/c1-17(18-5-6-20-15-21(27-2)8-7-19(20)14-18)23(26)25-11-9-24(10-12-25)16-22-4-3-13-28-22/h3-8,13-15,17H,9-12,16H2,1-2H3. The van der Waals surface area contributed by atoms with Crippen LogP contribution < -0.4 is 4.74 Å². The van der Waals surface area contributed by atoms with Crippen LogP contribution in [0.25, 0.3) is 10.8 Å². The van der Waals surface area contributed by atoms with Crippen LogP contribution in [0.4, 0.5) is 0 Å². The number of benzene rings is 2. The molecule has 1 aliphatic heterocycles. The van der Waals surface area contributed by atoms with Gasteiger partial charge in [0.05, 0.1) is 13.0 Å². The average Bonchev–Trinajstić information content (AvgIpc) is 3.25. The number of nitrogens with zero attached hydrogens (tertiary/aromatic N) is 2. The van der Waals surface area contributed by atoms with Gasteiger partial charge in [0.15, 0.2) is 0 Å². The first-order valence-corrected chi connectivity index (χ1v) is 10.6. The summed E-state index contributed by atoms with van der Waals surface area (Å²) in [6.07, 6.45) is 0. The van der Waals surface area contributed by atoms with E-state index in [-0.39, 0.29) is 11.8 Å². The smallest absolute Gasteiger partial charge is 0.229 e. The van der Waals surface area contributed by atoms with Gasteiger partial charge in [0.25, 0.3) is 0 Å². The molecule has 1 unspecified atom stereocenters. The van der Waals surface area contributed by atoms with E-state index in [9.17, 15) is 4.79 Å². The molecule has 1 aromatic heterocycles. The van der Waals surface area contributed by atoms with E-state index >= 15 is 0 Å². The predicted octanol–water partition coefficient (Wildman–Crippen LogP) is 4.36. The second kappa shape index (κ2) is 8.33. The van der Waals surface area contributed by atoms with Crippen molar-refractivity contribution in [1.82, 2.24) is 9.80 Å². The van der Waals surface area contributed by atoms with E-state index in [1.165, 1.54) is 4.88 Å². The molecule has 2 heterocycles. The van der Waals surface area contributed by atoms with Crippen molar-refractivity contribution in [2.75, 3.05) is 33.3 Å². The maximum Gasteiger partial charge on any atom is 0.229 e. The van der Waals surface area contributed by atoms with Crippen molar-refractivity contribution in [2.45, 2.75) is 19.4 Å². The van der Waals surface area contributed by atoms with Crippen molar-refractivity contribution < 1.29 is 9.53 Å². The highest BCUT2D eigenvalue weighted by Gasteiger charge is 2.26. The molecule has 0 N–H and O–H groups in total. The maximum absolute atomic E-state index is 13.0. The molecular weight excluding hydrogens is 368 g/mol. The summed E-state index contributed by atoms with van der Waals surface area (Å²) in [6.45, 7) is 6.49. The Morgan fingerprint density at radius 3 is 2.54 bits per heavy atom. The quantitative estimate of drug-likeness (QED) is 0.645. The van der Waals surface area contributed by atoms with Gasteiger partial charge in [-0.25, -0.2) is 0 Å². The molecule has 0 bridgehead atoms. The molecule has 1 amide bonds. The summed E-state index contributed by atoms with van der Waals surface area (Å²) in [4.78, 5) is 18.9. The van der Waals surface area contributed by atoms with Crippen LogP contribution in [0.3, 0.4) is 0 Å². The van der Waals surface area contributed by atoms with Crippen molar-refractivity contribution in [2.24, 2.45) is 0 Å². The van der Waals surface area contributed by atoms with Crippen LogP contribution in [0.15, 0.2) is 53.9 Å².